The molecule has 2 heterocycles. The van der Waals surface area contributed by atoms with Crippen LogP contribution in [0.4, 0.5) is 4.39 Å². The van der Waals surface area contributed by atoms with Gasteiger partial charge in [0, 0.05) is 19.0 Å². The molecule has 0 spiro atoms. The molecule has 0 bridgehead atoms. The lowest BCUT2D eigenvalue weighted by Gasteiger charge is -2.34. The fourth-order valence-electron chi connectivity index (χ4n) is 2.22. The molecule has 2 fully saturated rings. The molecule has 0 aromatic carbocycles. The summed E-state index contributed by atoms with van der Waals surface area (Å²) < 4.78 is 23.5. The van der Waals surface area contributed by atoms with Crippen molar-refractivity contribution in [1.82, 2.24) is 4.90 Å². The summed E-state index contributed by atoms with van der Waals surface area (Å²) in [4.78, 5) is 12.9. The van der Waals surface area contributed by atoms with E-state index in [0.717, 1.165) is 12.8 Å². The molecule has 0 radical (unpaired) electrons. The number of nitrogens with zero attached hydrogens (tertiary/aromatic N) is 1. The number of halogens is 2. The number of piperidine rings is 1. The zero-order valence-electron chi connectivity index (χ0n) is 8.90. The van der Waals surface area contributed by atoms with Crippen molar-refractivity contribution in [2.24, 2.45) is 5.92 Å². The highest BCUT2D eigenvalue weighted by Gasteiger charge is 2.34. The van der Waals surface area contributed by atoms with E-state index in [-0.39, 0.29) is 12.2 Å². The van der Waals surface area contributed by atoms with Gasteiger partial charge in [0.05, 0.1) is 13.2 Å². The molecule has 2 aliphatic heterocycles. The molecule has 0 aliphatic carbocycles. The van der Waals surface area contributed by atoms with Gasteiger partial charge < -0.3 is 14.4 Å². The first-order valence-electron chi connectivity index (χ1n) is 5.48. The maximum Gasteiger partial charge on any atom is 0.272 e. The summed E-state index contributed by atoms with van der Waals surface area (Å²) in [6, 6.07) is 0. The molecule has 2 unspecified atom stereocenters. The van der Waals surface area contributed by atoms with Crippen LogP contribution in [0.15, 0.2) is 0 Å². The number of rotatable bonds is 2. The minimum Gasteiger partial charge on any atom is -0.350 e. The van der Waals surface area contributed by atoms with Gasteiger partial charge in [0.25, 0.3) is 11.5 Å². The Morgan fingerprint density at radius 2 is 2.12 bits per heavy atom. The standard InChI is InChI=1S/C10H15ClFNO3/c11-8(12)9(14)13-3-1-2-7(6-13)10-15-4-5-16-10/h7-8,10H,1-6H2. The number of likely N-dealkylation sites (tertiary alicyclic amines) is 1. The monoisotopic (exact) mass is 251 g/mol. The summed E-state index contributed by atoms with van der Waals surface area (Å²) >= 11 is 5.15. The third-order valence-corrected chi connectivity index (χ3v) is 3.18. The van der Waals surface area contributed by atoms with Gasteiger partial charge in [0.15, 0.2) is 6.29 Å². The van der Waals surface area contributed by atoms with E-state index in [0.29, 0.717) is 26.3 Å². The average molecular weight is 252 g/mol. The van der Waals surface area contributed by atoms with Gasteiger partial charge in [-0.1, -0.05) is 11.6 Å². The summed E-state index contributed by atoms with van der Waals surface area (Å²) in [5, 5.41) is 0. The van der Waals surface area contributed by atoms with Crippen molar-refractivity contribution in [2.75, 3.05) is 26.3 Å². The summed E-state index contributed by atoms with van der Waals surface area (Å²) in [5.74, 6) is -0.514. The predicted octanol–water partition coefficient (Wildman–Crippen LogP) is 1.13. The van der Waals surface area contributed by atoms with Crippen molar-refractivity contribution in [3.63, 3.8) is 0 Å². The number of carbonyl (C=O) groups excluding carboxylic acids is 1. The van der Waals surface area contributed by atoms with Crippen LogP contribution in [0.5, 0.6) is 0 Å². The van der Waals surface area contributed by atoms with Crippen LogP contribution in [0.2, 0.25) is 0 Å². The van der Waals surface area contributed by atoms with Gasteiger partial charge in [-0.3, -0.25) is 4.79 Å². The largest absolute Gasteiger partial charge is 0.350 e. The predicted molar refractivity (Wildman–Crippen MR) is 55.7 cm³/mol. The smallest absolute Gasteiger partial charge is 0.272 e. The van der Waals surface area contributed by atoms with E-state index < -0.39 is 11.5 Å². The molecule has 2 saturated heterocycles. The van der Waals surface area contributed by atoms with E-state index in [2.05, 4.69) is 0 Å². The van der Waals surface area contributed by atoms with E-state index in [1.54, 1.807) is 0 Å². The highest BCUT2D eigenvalue weighted by Crippen LogP contribution is 2.25. The Labute approximate surface area is 98.6 Å². The Bertz CT molecular complexity index is 258. The molecule has 1 amide bonds. The molecule has 2 atom stereocenters. The van der Waals surface area contributed by atoms with Gasteiger partial charge in [0.2, 0.25) is 0 Å². The van der Waals surface area contributed by atoms with Crippen LogP contribution < -0.4 is 0 Å². The molecular weight excluding hydrogens is 237 g/mol. The first kappa shape index (κ1) is 12.1. The molecule has 0 saturated carbocycles. The zero-order valence-corrected chi connectivity index (χ0v) is 9.66. The maximum absolute atomic E-state index is 12.7. The number of hydrogen-bond donors (Lipinski definition) is 0. The zero-order chi connectivity index (χ0) is 11.5. The lowest BCUT2D eigenvalue weighted by molar-refractivity contribution is -0.141. The van der Waals surface area contributed by atoms with Crippen molar-refractivity contribution >= 4 is 17.5 Å². The van der Waals surface area contributed by atoms with Crippen LogP contribution in [0.1, 0.15) is 12.8 Å². The second kappa shape index (κ2) is 5.29. The number of carbonyl (C=O) groups is 1. The molecule has 6 heteroatoms. The van der Waals surface area contributed by atoms with Crippen molar-refractivity contribution in [3.05, 3.63) is 0 Å². The van der Waals surface area contributed by atoms with Gasteiger partial charge in [-0.15, -0.1) is 0 Å². The van der Waals surface area contributed by atoms with Crippen molar-refractivity contribution in [2.45, 2.75) is 24.8 Å². The molecule has 92 valence electrons. The van der Waals surface area contributed by atoms with E-state index in [1.807, 2.05) is 0 Å². The summed E-state index contributed by atoms with van der Waals surface area (Å²) in [5.41, 5.74) is -1.94. The maximum atomic E-state index is 12.7. The van der Waals surface area contributed by atoms with Crippen LogP contribution in [0.3, 0.4) is 0 Å². The topological polar surface area (TPSA) is 38.8 Å². The first-order chi connectivity index (χ1) is 7.68. The van der Waals surface area contributed by atoms with Gasteiger partial charge in [-0.05, 0) is 12.8 Å². The Balaban J connectivity index is 1.90. The summed E-state index contributed by atoms with van der Waals surface area (Å²) in [6.07, 6.45) is 1.53. The lowest BCUT2D eigenvalue weighted by Crippen LogP contribution is -2.45. The summed E-state index contributed by atoms with van der Waals surface area (Å²) in [6.45, 7) is 2.22. The third-order valence-electron chi connectivity index (χ3n) is 2.99. The second-order valence-corrected chi connectivity index (χ2v) is 4.48. The average Bonchev–Trinajstić information content (AvgIpc) is 2.81. The molecule has 16 heavy (non-hydrogen) atoms. The van der Waals surface area contributed by atoms with E-state index >= 15 is 0 Å². The third kappa shape index (κ3) is 2.64. The molecule has 4 nitrogen and oxygen atoms in total. The van der Waals surface area contributed by atoms with Crippen LogP contribution >= 0.6 is 11.6 Å². The second-order valence-electron chi connectivity index (χ2n) is 4.10. The van der Waals surface area contributed by atoms with Gasteiger partial charge in [0.1, 0.15) is 0 Å². The Kier molecular flexibility index (Phi) is 4.00. The van der Waals surface area contributed by atoms with E-state index in [4.69, 9.17) is 21.1 Å². The summed E-state index contributed by atoms with van der Waals surface area (Å²) in [7, 11) is 0. The van der Waals surface area contributed by atoms with Crippen molar-refractivity contribution in [3.8, 4) is 0 Å². The van der Waals surface area contributed by atoms with Gasteiger partial charge >= 0.3 is 0 Å². The highest BCUT2D eigenvalue weighted by atomic mass is 35.5. The van der Waals surface area contributed by atoms with Crippen LogP contribution in [-0.2, 0) is 14.3 Å². The van der Waals surface area contributed by atoms with Crippen LogP contribution in [0, 0.1) is 5.92 Å². The van der Waals surface area contributed by atoms with E-state index in [1.165, 1.54) is 4.90 Å². The fourth-order valence-corrected chi connectivity index (χ4v) is 2.36. The first-order valence-corrected chi connectivity index (χ1v) is 5.92. The Morgan fingerprint density at radius 1 is 1.44 bits per heavy atom. The SMILES string of the molecule is O=C(C(F)Cl)N1CCCC(C2OCCO2)C1. The molecule has 0 aromatic heterocycles. The quantitative estimate of drug-likeness (QED) is 0.691. The number of hydrogen-bond acceptors (Lipinski definition) is 3. The molecular formula is C10H15ClFNO3. The molecule has 0 N–H and O–H groups in total. The van der Waals surface area contributed by atoms with Crippen molar-refractivity contribution < 1.29 is 18.7 Å². The van der Waals surface area contributed by atoms with Crippen molar-refractivity contribution in [1.29, 1.82) is 0 Å². The number of ether oxygens (including phenoxy) is 2. The van der Waals surface area contributed by atoms with Crippen LogP contribution in [-0.4, -0.2) is 49.0 Å². The number of alkyl halides is 2. The molecule has 0 aromatic rings. The Morgan fingerprint density at radius 3 is 2.75 bits per heavy atom. The number of amides is 1. The minimum absolute atomic E-state index is 0.135. The highest BCUT2D eigenvalue weighted by molar-refractivity contribution is 6.29. The Hall–Kier alpha value is -0.390. The minimum atomic E-state index is -1.94. The normalized spacial score (nSPS) is 29.4. The van der Waals surface area contributed by atoms with Gasteiger partial charge in [-0.25, -0.2) is 4.39 Å². The van der Waals surface area contributed by atoms with E-state index in [9.17, 15) is 9.18 Å². The lowest BCUT2D eigenvalue weighted by atomic mass is 9.97. The van der Waals surface area contributed by atoms with Crippen LogP contribution in [0.25, 0.3) is 0 Å². The fraction of sp³-hybridized carbons (Fsp3) is 0.900. The molecule has 2 aliphatic rings. The van der Waals surface area contributed by atoms with Gasteiger partial charge in [-0.2, -0.15) is 0 Å². The molecule has 2 rings (SSSR count).